The highest BCUT2D eigenvalue weighted by Gasteiger charge is 2.06. The van der Waals surface area contributed by atoms with E-state index in [2.05, 4.69) is 35.0 Å². The highest BCUT2D eigenvalue weighted by atomic mass is 32.1. The third-order valence-electron chi connectivity index (χ3n) is 1.81. The van der Waals surface area contributed by atoms with Gasteiger partial charge in [0, 0.05) is 15.3 Å². The van der Waals surface area contributed by atoms with Crippen LogP contribution < -0.4 is 0 Å². The predicted octanol–water partition coefficient (Wildman–Crippen LogP) is 3.85. The topological polar surface area (TPSA) is 9.23 Å². The van der Waals surface area contributed by atoms with Gasteiger partial charge in [-0.05, 0) is 22.9 Å². The predicted molar refractivity (Wildman–Crippen MR) is 62.7 cm³/mol. The molecule has 0 bridgehead atoms. The number of hydrogen-bond donors (Lipinski definition) is 0. The van der Waals surface area contributed by atoms with Crippen molar-refractivity contribution in [3.05, 3.63) is 51.0 Å². The lowest BCUT2D eigenvalue weighted by molar-refractivity contribution is 0.340. The van der Waals surface area contributed by atoms with Crippen molar-refractivity contribution in [2.24, 2.45) is 0 Å². The molecule has 0 saturated heterocycles. The van der Waals surface area contributed by atoms with E-state index in [4.69, 9.17) is 4.74 Å². The van der Waals surface area contributed by atoms with Gasteiger partial charge in [-0.2, -0.15) is 0 Å². The van der Waals surface area contributed by atoms with E-state index in [1.54, 1.807) is 36.0 Å². The molecular formula is C11H10OS2. The lowest BCUT2D eigenvalue weighted by Gasteiger charge is -2.00. The van der Waals surface area contributed by atoms with Gasteiger partial charge in [0.05, 0.1) is 13.4 Å². The molecule has 0 N–H and O–H groups in total. The fourth-order valence-electron chi connectivity index (χ4n) is 1.22. The van der Waals surface area contributed by atoms with E-state index in [1.807, 2.05) is 0 Å². The van der Waals surface area contributed by atoms with Gasteiger partial charge in [-0.25, -0.2) is 0 Å². The van der Waals surface area contributed by atoms with Crippen molar-refractivity contribution in [2.75, 3.05) is 7.11 Å². The zero-order chi connectivity index (χ0) is 9.80. The molecule has 0 unspecified atom stereocenters. The summed E-state index contributed by atoms with van der Waals surface area (Å²) in [7, 11) is 1.68. The summed E-state index contributed by atoms with van der Waals surface area (Å²) in [5, 5.41) is 4.15. The van der Waals surface area contributed by atoms with Gasteiger partial charge in [-0.3, -0.25) is 0 Å². The molecule has 0 aliphatic carbocycles. The molecule has 0 amide bonds. The summed E-state index contributed by atoms with van der Waals surface area (Å²) >= 11 is 3.46. The maximum atomic E-state index is 5.10. The first kappa shape index (κ1) is 9.49. The quantitative estimate of drug-likeness (QED) is 0.717. The van der Waals surface area contributed by atoms with E-state index in [0.717, 1.165) is 5.57 Å². The summed E-state index contributed by atoms with van der Waals surface area (Å²) in [5.74, 6) is 0. The molecule has 0 atom stereocenters. The van der Waals surface area contributed by atoms with Gasteiger partial charge in [-0.1, -0.05) is 12.1 Å². The van der Waals surface area contributed by atoms with E-state index in [9.17, 15) is 0 Å². The molecule has 72 valence electrons. The van der Waals surface area contributed by atoms with E-state index in [0.29, 0.717) is 0 Å². The van der Waals surface area contributed by atoms with Crippen molar-refractivity contribution in [1.29, 1.82) is 0 Å². The average Bonchev–Trinajstić information content (AvgIpc) is 2.87. The minimum atomic E-state index is 1.16. The molecule has 1 nitrogen and oxygen atoms in total. The summed E-state index contributed by atoms with van der Waals surface area (Å²) in [6, 6.07) is 8.32. The highest BCUT2D eigenvalue weighted by molar-refractivity contribution is 7.13. The lowest BCUT2D eigenvalue weighted by atomic mass is 10.2. The highest BCUT2D eigenvalue weighted by Crippen LogP contribution is 2.29. The third kappa shape index (κ3) is 1.89. The molecule has 2 aromatic heterocycles. The van der Waals surface area contributed by atoms with Crippen LogP contribution in [0.3, 0.4) is 0 Å². The second-order valence-corrected chi connectivity index (χ2v) is 4.62. The van der Waals surface area contributed by atoms with Gasteiger partial charge < -0.3 is 4.74 Å². The van der Waals surface area contributed by atoms with Crippen molar-refractivity contribution < 1.29 is 4.74 Å². The van der Waals surface area contributed by atoms with Crippen LogP contribution in [0.5, 0.6) is 0 Å². The number of ether oxygens (including phenoxy) is 1. The fraction of sp³-hybridized carbons (Fsp3) is 0.0909. The first-order chi connectivity index (χ1) is 6.92. The Morgan fingerprint density at radius 1 is 1.14 bits per heavy atom. The van der Waals surface area contributed by atoms with Gasteiger partial charge in [0.1, 0.15) is 0 Å². The van der Waals surface area contributed by atoms with Crippen LogP contribution in [-0.4, -0.2) is 7.11 Å². The van der Waals surface area contributed by atoms with Crippen molar-refractivity contribution in [1.82, 2.24) is 0 Å². The molecule has 2 aromatic rings. The minimum absolute atomic E-state index is 1.16. The van der Waals surface area contributed by atoms with E-state index in [-0.39, 0.29) is 0 Å². The molecule has 14 heavy (non-hydrogen) atoms. The smallest absolute Gasteiger partial charge is 0.0925 e. The Bertz CT molecular complexity index is 362. The molecule has 0 spiro atoms. The number of thiophene rings is 2. The SMILES string of the molecule is COC=C(c1cccs1)c1cccs1. The Kier molecular flexibility index (Phi) is 3.01. The summed E-state index contributed by atoms with van der Waals surface area (Å²) in [6.07, 6.45) is 1.80. The van der Waals surface area contributed by atoms with E-state index in [1.165, 1.54) is 9.75 Å². The second kappa shape index (κ2) is 4.44. The zero-order valence-corrected chi connectivity index (χ0v) is 9.40. The van der Waals surface area contributed by atoms with Crippen LogP contribution in [0.25, 0.3) is 5.57 Å². The fourth-order valence-corrected chi connectivity index (χ4v) is 2.78. The first-order valence-corrected chi connectivity index (χ1v) is 5.98. The second-order valence-electron chi connectivity index (χ2n) is 2.72. The third-order valence-corrected chi connectivity index (χ3v) is 3.62. The van der Waals surface area contributed by atoms with Gasteiger partial charge >= 0.3 is 0 Å². The van der Waals surface area contributed by atoms with Crippen LogP contribution in [0.2, 0.25) is 0 Å². The number of rotatable bonds is 3. The normalized spacial score (nSPS) is 9.79. The summed E-state index contributed by atoms with van der Waals surface area (Å²) in [5.41, 5.74) is 1.16. The Morgan fingerprint density at radius 3 is 2.07 bits per heavy atom. The number of methoxy groups -OCH3 is 1. The molecule has 0 aliphatic rings. The Morgan fingerprint density at radius 2 is 1.71 bits per heavy atom. The van der Waals surface area contributed by atoms with Crippen molar-refractivity contribution in [3.8, 4) is 0 Å². The maximum Gasteiger partial charge on any atom is 0.0925 e. The minimum Gasteiger partial charge on any atom is -0.504 e. The van der Waals surface area contributed by atoms with E-state index >= 15 is 0 Å². The molecular weight excluding hydrogens is 212 g/mol. The van der Waals surface area contributed by atoms with Gasteiger partial charge in [-0.15, -0.1) is 22.7 Å². The van der Waals surface area contributed by atoms with Gasteiger partial charge in [0.15, 0.2) is 0 Å². The van der Waals surface area contributed by atoms with Crippen LogP contribution in [-0.2, 0) is 4.74 Å². The van der Waals surface area contributed by atoms with Gasteiger partial charge in [0.25, 0.3) is 0 Å². The average molecular weight is 222 g/mol. The van der Waals surface area contributed by atoms with Gasteiger partial charge in [0.2, 0.25) is 0 Å². The van der Waals surface area contributed by atoms with Crippen molar-refractivity contribution in [2.45, 2.75) is 0 Å². The molecule has 0 fully saturated rings. The van der Waals surface area contributed by atoms with Crippen LogP contribution >= 0.6 is 22.7 Å². The monoisotopic (exact) mass is 222 g/mol. The summed E-state index contributed by atoms with van der Waals surface area (Å²) < 4.78 is 5.10. The first-order valence-electron chi connectivity index (χ1n) is 4.22. The Balaban J connectivity index is 2.40. The number of hydrogen-bond acceptors (Lipinski definition) is 3. The molecule has 0 aliphatic heterocycles. The maximum absolute atomic E-state index is 5.10. The lowest BCUT2D eigenvalue weighted by Crippen LogP contribution is -1.81. The molecule has 0 radical (unpaired) electrons. The standard InChI is InChI=1S/C11H10OS2/c1-12-8-9(10-4-2-6-13-10)11-5-3-7-14-11/h2-8H,1H3. The Labute approximate surface area is 91.3 Å². The molecule has 2 heterocycles. The van der Waals surface area contributed by atoms with E-state index < -0.39 is 0 Å². The van der Waals surface area contributed by atoms with Crippen LogP contribution in [0.15, 0.2) is 41.3 Å². The molecule has 0 saturated carbocycles. The zero-order valence-electron chi connectivity index (χ0n) is 7.77. The molecule has 3 heteroatoms. The molecule has 0 aromatic carbocycles. The largest absolute Gasteiger partial charge is 0.504 e. The van der Waals surface area contributed by atoms with Crippen LogP contribution in [0, 0.1) is 0 Å². The Hall–Kier alpha value is -1.06. The summed E-state index contributed by atoms with van der Waals surface area (Å²) in [6.45, 7) is 0. The van der Waals surface area contributed by atoms with Crippen LogP contribution in [0.4, 0.5) is 0 Å². The van der Waals surface area contributed by atoms with Crippen LogP contribution in [0.1, 0.15) is 9.75 Å². The van der Waals surface area contributed by atoms with Crippen molar-refractivity contribution in [3.63, 3.8) is 0 Å². The van der Waals surface area contributed by atoms with Crippen molar-refractivity contribution >= 4 is 28.2 Å². The molecule has 2 rings (SSSR count). The summed E-state index contributed by atoms with van der Waals surface area (Å²) in [4.78, 5) is 2.49.